The molecule has 1 aliphatic rings. The third-order valence-corrected chi connectivity index (χ3v) is 3.37. The summed E-state index contributed by atoms with van der Waals surface area (Å²) in [5.41, 5.74) is 5.42. The summed E-state index contributed by atoms with van der Waals surface area (Å²) in [5, 5.41) is 4.61. The van der Waals surface area contributed by atoms with E-state index in [0.29, 0.717) is 25.6 Å². The minimum absolute atomic E-state index is 0.245. The Morgan fingerprint density at radius 2 is 2.05 bits per heavy atom. The fourth-order valence-corrected chi connectivity index (χ4v) is 2.14. The van der Waals surface area contributed by atoms with Gasteiger partial charge < -0.3 is 20.7 Å². The van der Waals surface area contributed by atoms with E-state index in [4.69, 9.17) is 10.5 Å². The molecular formula is C13H26N4O3. The quantitative estimate of drug-likeness (QED) is 0.556. The van der Waals surface area contributed by atoms with Crippen molar-refractivity contribution in [1.29, 1.82) is 0 Å². The first-order valence-electron chi connectivity index (χ1n) is 7.21. The number of hydrogen-bond acceptors (Lipinski definition) is 5. The summed E-state index contributed by atoms with van der Waals surface area (Å²) in [6, 6.07) is -0.456. The maximum Gasteiger partial charge on any atom is 0.321 e. The second-order valence-electron chi connectivity index (χ2n) is 4.93. The molecule has 7 heteroatoms. The minimum atomic E-state index is -0.456. The lowest BCUT2D eigenvalue weighted by Crippen LogP contribution is -2.41. The fraction of sp³-hybridized carbons (Fsp3) is 0.846. The number of nitrogens with two attached hydrogens (primary N) is 1. The molecular weight excluding hydrogens is 260 g/mol. The molecule has 1 aliphatic heterocycles. The third kappa shape index (κ3) is 6.83. The van der Waals surface area contributed by atoms with Crippen LogP contribution in [0.4, 0.5) is 4.79 Å². The predicted molar refractivity (Wildman–Crippen MR) is 76.3 cm³/mol. The Kier molecular flexibility index (Phi) is 8.17. The molecule has 1 rings (SSSR count). The lowest BCUT2D eigenvalue weighted by atomic mass is 10.1. The van der Waals surface area contributed by atoms with Gasteiger partial charge in [-0.1, -0.05) is 0 Å². The van der Waals surface area contributed by atoms with Gasteiger partial charge in [0.1, 0.15) is 0 Å². The summed E-state index contributed by atoms with van der Waals surface area (Å²) in [4.78, 5) is 24.6. The Balaban J connectivity index is 2.10. The molecule has 3 amide bonds. The van der Waals surface area contributed by atoms with Crippen molar-refractivity contribution in [3.05, 3.63) is 0 Å². The maximum atomic E-state index is 11.5. The Morgan fingerprint density at radius 1 is 1.35 bits per heavy atom. The highest BCUT2D eigenvalue weighted by atomic mass is 16.5. The SMILES string of the molecule is CNC(=O)NC(=O)CCN1CCC(OCCCN)CC1. The van der Waals surface area contributed by atoms with Gasteiger partial charge in [-0.2, -0.15) is 0 Å². The standard InChI is InChI=1S/C13H26N4O3/c1-15-13(19)16-12(18)5-9-17-7-3-11(4-8-17)20-10-2-6-14/h11H,2-10,14H2,1H3,(H2,15,16,18,19). The van der Waals surface area contributed by atoms with Gasteiger partial charge in [0.25, 0.3) is 0 Å². The highest BCUT2D eigenvalue weighted by Crippen LogP contribution is 2.14. The number of carbonyl (C=O) groups excluding carboxylic acids is 2. The van der Waals surface area contributed by atoms with Crippen LogP contribution >= 0.6 is 0 Å². The van der Waals surface area contributed by atoms with Crippen molar-refractivity contribution in [2.75, 3.05) is 39.8 Å². The van der Waals surface area contributed by atoms with Crippen LogP contribution in [0.25, 0.3) is 0 Å². The monoisotopic (exact) mass is 286 g/mol. The number of amides is 3. The van der Waals surface area contributed by atoms with E-state index in [1.807, 2.05) is 0 Å². The van der Waals surface area contributed by atoms with E-state index >= 15 is 0 Å². The van der Waals surface area contributed by atoms with Crippen LogP contribution < -0.4 is 16.4 Å². The van der Waals surface area contributed by atoms with E-state index in [0.717, 1.165) is 39.0 Å². The lowest BCUT2D eigenvalue weighted by molar-refractivity contribution is -0.120. The van der Waals surface area contributed by atoms with Gasteiger partial charge in [-0.15, -0.1) is 0 Å². The number of nitrogens with zero attached hydrogens (tertiary/aromatic N) is 1. The average molecular weight is 286 g/mol. The molecule has 20 heavy (non-hydrogen) atoms. The molecule has 0 radical (unpaired) electrons. The number of carbonyl (C=O) groups is 2. The molecule has 1 fully saturated rings. The maximum absolute atomic E-state index is 11.5. The van der Waals surface area contributed by atoms with Gasteiger partial charge in [0.2, 0.25) is 5.91 Å². The van der Waals surface area contributed by atoms with Crippen LogP contribution in [0.15, 0.2) is 0 Å². The van der Waals surface area contributed by atoms with Crippen LogP contribution in [0.1, 0.15) is 25.7 Å². The first-order valence-corrected chi connectivity index (χ1v) is 7.21. The topological polar surface area (TPSA) is 96.7 Å². The lowest BCUT2D eigenvalue weighted by Gasteiger charge is -2.31. The number of rotatable bonds is 7. The largest absolute Gasteiger partial charge is 0.378 e. The summed E-state index contributed by atoms with van der Waals surface area (Å²) in [6.07, 6.45) is 3.53. The van der Waals surface area contributed by atoms with E-state index in [1.165, 1.54) is 7.05 Å². The number of hydrogen-bond donors (Lipinski definition) is 3. The molecule has 1 heterocycles. The van der Waals surface area contributed by atoms with Crippen LogP contribution in [0.5, 0.6) is 0 Å². The van der Waals surface area contributed by atoms with Crippen molar-refractivity contribution >= 4 is 11.9 Å². The third-order valence-electron chi connectivity index (χ3n) is 3.37. The van der Waals surface area contributed by atoms with Crippen molar-refractivity contribution in [3.8, 4) is 0 Å². The highest BCUT2D eigenvalue weighted by Gasteiger charge is 2.20. The number of nitrogens with one attached hydrogen (secondary N) is 2. The Bertz CT molecular complexity index is 304. The highest BCUT2D eigenvalue weighted by molar-refractivity contribution is 5.94. The molecule has 7 nitrogen and oxygen atoms in total. The van der Waals surface area contributed by atoms with Crippen LogP contribution in [0.2, 0.25) is 0 Å². The molecule has 0 spiro atoms. The zero-order valence-electron chi connectivity index (χ0n) is 12.2. The zero-order valence-corrected chi connectivity index (χ0v) is 12.2. The van der Waals surface area contributed by atoms with Crippen LogP contribution in [0, 0.1) is 0 Å². The van der Waals surface area contributed by atoms with Gasteiger partial charge >= 0.3 is 6.03 Å². The van der Waals surface area contributed by atoms with E-state index in [2.05, 4.69) is 15.5 Å². The predicted octanol–water partition coefficient (Wildman–Crippen LogP) is -0.338. The second-order valence-corrected chi connectivity index (χ2v) is 4.93. The Labute approximate surface area is 120 Å². The molecule has 0 saturated carbocycles. The van der Waals surface area contributed by atoms with E-state index in [9.17, 15) is 9.59 Å². The summed E-state index contributed by atoms with van der Waals surface area (Å²) in [5.74, 6) is -0.245. The van der Waals surface area contributed by atoms with Gasteiger partial charge in [-0.3, -0.25) is 10.1 Å². The van der Waals surface area contributed by atoms with Gasteiger partial charge in [0.05, 0.1) is 6.10 Å². The van der Waals surface area contributed by atoms with E-state index < -0.39 is 6.03 Å². The van der Waals surface area contributed by atoms with Crippen molar-refractivity contribution in [3.63, 3.8) is 0 Å². The molecule has 1 saturated heterocycles. The van der Waals surface area contributed by atoms with Crippen LogP contribution in [-0.2, 0) is 9.53 Å². The molecule has 4 N–H and O–H groups in total. The van der Waals surface area contributed by atoms with Gasteiger partial charge in [-0.05, 0) is 25.8 Å². The Morgan fingerprint density at radius 3 is 2.65 bits per heavy atom. The average Bonchev–Trinajstić information content (AvgIpc) is 2.46. The van der Waals surface area contributed by atoms with Gasteiger partial charge in [0, 0.05) is 39.7 Å². The van der Waals surface area contributed by atoms with E-state index in [-0.39, 0.29) is 5.91 Å². The van der Waals surface area contributed by atoms with Crippen molar-refractivity contribution < 1.29 is 14.3 Å². The second kappa shape index (κ2) is 9.68. The first-order chi connectivity index (χ1) is 9.65. The molecule has 0 atom stereocenters. The zero-order chi connectivity index (χ0) is 14.8. The minimum Gasteiger partial charge on any atom is -0.378 e. The first kappa shape index (κ1) is 16.9. The number of imide groups is 1. The van der Waals surface area contributed by atoms with Gasteiger partial charge in [-0.25, -0.2) is 4.79 Å². The Hall–Kier alpha value is -1.18. The molecule has 0 aliphatic carbocycles. The molecule has 0 unspecified atom stereocenters. The summed E-state index contributed by atoms with van der Waals surface area (Å²) in [7, 11) is 1.48. The molecule has 116 valence electrons. The van der Waals surface area contributed by atoms with Crippen molar-refractivity contribution in [2.24, 2.45) is 5.73 Å². The fourth-order valence-electron chi connectivity index (χ4n) is 2.14. The normalized spacial score (nSPS) is 16.9. The van der Waals surface area contributed by atoms with Crippen LogP contribution in [0.3, 0.4) is 0 Å². The number of urea groups is 1. The van der Waals surface area contributed by atoms with E-state index in [1.54, 1.807) is 0 Å². The smallest absolute Gasteiger partial charge is 0.321 e. The van der Waals surface area contributed by atoms with Crippen LogP contribution in [-0.4, -0.2) is 62.8 Å². The van der Waals surface area contributed by atoms with Gasteiger partial charge in [0.15, 0.2) is 0 Å². The molecule has 0 aromatic heterocycles. The molecule has 0 aromatic rings. The summed E-state index contributed by atoms with van der Waals surface area (Å²) >= 11 is 0. The molecule has 0 bridgehead atoms. The number of likely N-dealkylation sites (tertiary alicyclic amines) is 1. The van der Waals surface area contributed by atoms with Crippen molar-refractivity contribution in [2.45, 2.75) is 31.8 Å². The number of piperidine rings is 1. The van der Waals surface area contributed by atoms with Crippen molar-refractivity contribution in [1.82, 2.24) is 15.5 Å². The number of ether oxygens (including phenoxy) is 1. The summed E-state index contributed by atoms with van der Waals surface area (Å²) in [6.45, 7) is 3.94. The summed E-state index contributed by atoms with van der Waals surface area (Å²) < 4.78 is 5.73. The molecule has 0 aromatic carbocycles.